The van der Waals surface area contributed by atoms with Crippen molar-refractivity contribution in [1.82, 2.24) is 14.4 Å². The summed E-state index contributed by atoms with van der Waals surface area (Å²) in [6.45, 7) is 9.66. The van der Waals surface area contributed by atoms with Gasteiger partial charge in [0.25, 0.3) is 5.91 Å². The van der Waals surface area contributed by atoms with Gasteiger partial charge in [-0.15, -0.1) is 0 Å². The molecule has 0 fully saturated rings. The van der Waals surface area contributed by atoms with Gasteiger partial charge < -0.3 is 15.1 Å². The van der Waals surface area contributed by atoms with Crippen LogP contribution in [0, 0.1) is 20.8 Å². The molecule has 2 aliphatic rings. The van der Waals surface area contributed by atoms with Crippen LogP contribution in [-0.2, 0) is 37.1 Å². The van der Waals surface area contributed by atoms with E-state index >= 15 is 0 Å². The summed E-state index contributed by atoms with van der Waals surface area (Å²) in [5.74, 6) is 0.00192. The summed E-state index contributed by atoms with van der Waals surface area (Å²) in [6, 6.07) is 31.4. The highest BCUT2D eigenvalue weighted by Gasteiger charge is 2.33. The van der Waals surface area contributed by atoms with Crippen LogP contribution in [0.3, 0.4) is 0 Å². The Balaban J connectivity index is 1.32. The van der Waals surface area contributed by atoms with Gasteiger partial charge in [-0.1, -0.05) is 72.8 Å². The number of aromatic nitrogens is 1. The van der Waals surface area contributed by atoms with Crippen molar-refractivity contribution in [1.29, 1.82) is 0 Å². The van der Waals surface area contributed by atoms with Gasteiger partial charge in [-0.3, -0.25) is 14.2 Å². The average molecular weight is 651 g/mol. The quantitative estimate of drug-likeness (QED) is 0.210. The van der Waals surface area contributed by atoms with Crippen molar-refractivity contribution >= 4 is 23.5 Å². The molecule has 3 amide bonds. The van der Waals surface area contributed by atoms with E-state index in [1.165, 1.54) is 5.56 Å². The Bertz CT molecular complexity index is 2070. The molecule has 7 nitrogen and oxygen atoms in total. The number of nitrogens with zero attached hydrogens (tertiary/aromatic N) is 3. The third-order valence-electron chi connectivity index (χ3n) is 10.4. The van der Waals surface area contributed by atoms with Crippen LogP contribution in [0.25, 0.3) is 11.3 Å². The van der Waals surface area contributed by atoms with Crippen LogP contribution in [0.15, 0.2) is 97.1 Å². The molecule has 0 saturated carbocycles. The predicted octanol–water partition coefficient (Wildman–Crippen LogP) is 7.87. The molecule has 3 heterocycles. The maximum Gasteiger partial charge on any atom is 0.330 e. The number of anilines is 1. The molecular formula is C42H42N4O3. The van der Waals surface area contributed by atoms with E-state index in [4.69, 9.17) is 0 Å². The van der Waals surface area contributed by atoms with Crippen molar-refractivity contribution < 1.29 is 14.4 Å². The summed E-state index contributed by atoms with van der Waals surface area (Å²) >= 11 is 0. The highest BCUT2D eigenvalue weighted by atomic mass is 16.2. The van der Waals surface area contributed by atoms with E-state index in [2.05, 4.69) is 36.5 Å². The predicted molar refractivity (Wildman–Crippen MR) is 194 cm³/mol. The Morgan fingerprint density at radius 3 is 2.16 bits per heavy atom. The first-order valence-electron chi connectivity index (χ1n) is 17.1. The molecule has 0 radical (unpaired) electrons. The number of benzene rings is 4. The molecule has 49 heavy (non-hydrogen) atoms. The van der Waals surface area contributed by atoms with Gasteiger partial charge in [-0.25, -0.2) is 4.79 Å². The molecular weight excluding hydrogens is 608 g/mol. The summed E-state index contributed by atoms with van der Waals surface area (Å²) < 4.78 is 1.73. The maximum atomic E-state index is 14.9. The number of amides is 3. The average Bonchev–Trinajstić information content (AvgIpc) is 3.34. The molecule has 0 saturated heterocycles. The van der Waals surface area contributed by atoms with Crippen molar-refractivity contribution in [3.63, 3.8) is 0 Å². The number of rotatable bonds is 5. The van der Waals surface area contributed by atoms with E-state index in [1.807, 2.05) is 103 Å². The zero-order chi connectivity index (χ0) is 34.2. The van der Waals surface area contributed by atoms with Gasteiger partial charge >= 0.3 is 6.03 Å². The number of hydrogen-bond acceptors (Lipinski definition) is 3. The second-order valence-corrected chi connectivity index (χ2v) is 13.5. The van der Waals surface area contributed by atoms with Crippen LogP contribution in [0.1, 0.15) is 61.9 Å². The van der Waals surface area contributed by atoms with E-state index < -0.39 is 0 Å². The molecule has 0 aliphatic carbocycles. The number of carbonyl (C=O) groups excluding carboxylic acids is 3. The second-order valence-electron chi connectivity index (χ2n) is 13.5. The van der Waals surface area contributed by atoms with Crippen molar-refractivity contribution in [3.8, 4) is 11.3 Å². The fraction of sp³-hybridized carbons (Fsp3) is 0.262. The van der Waals surface area contributed by atoms with Crippen LogP contribution in [0.4, 0.5) is 10.5 Å². The lowest BCUT2D eigenvalue weighted by atomic mass is 9.89. The molecule has 1 N–H and O–H groups in total. The van der Waals surface area contributed by atoms with E-state index in [9.17, 15) is 14.4 Å². The van der Waals surface area contributed by atoms with Gasteiger partial charge in [0.05, 0.1) is 12.1 Å². The lowest BCUT2D eigenvalue weighted by Crippen LogP contribution is -2.43. The summed E-state index contributed by atoms with van der Waals surface area (Å²) in [5, 5.41) is 3.06. The second kappa shape index (κ2) is 13.2. The normalized spacial score (nSPS) is 15.4. The standard InChI is InChI=1S/C42H42N4O3/c1-27-21-32-15-11-12-16-34(32)26-45(27)41(48)38-24-35-25-44(39(47)22-31-13-7-5-8-14-31)20-19-33(35)23-37(38)40-29(3)28(2)30(4)46(40)42(49)43-36-17-9-6-10-18-36/h5-18,23-24,27H,19-22,25-26H2,1-4H3,(H,43,49)/t27-/m1/s1. The lowest BCUT2D eigenvalue weighted by Gasteiger charge is -2.36. The lowest BCUT2D eigenvalue weighted by molar-refractivity contribution is -0.131. The van der Waals surface area contributed by atoms with Gasteiger partial charge in [-0.2, -0.15) is 0 Å². The molecule has 0 unspecified atom stereocenters. The molecule has 1 aromatic heterocycles. The monoisotopic (exact) mass is 650 g/mol. The van der Waals surface area contributed by atoms with Crippen molar-refractivity contribution in [3.05, 3.63) is 147 Å². The zero-order valence-corrected chi connectivity index (χ0v) is 28.6. The number of para-hydroxylation sites is 1. The van der Waals surface area contributed by atoms with Crippen LogP contribution in [0.2, 0.25) is 0 Å². The Hall–Kier alpha value is -5.43. The SMILES string of the molecule is Cc1c(C)c(-c2cc3c(cc2C(=O)N2Cc4ccccc4C[C@H]2C)CN(C(=O)Cc2ccccc2)CC3)n(C(=O)Nc2ccccc2)c1C. The largest absolute Gasteiger partial charge is 0.338 e. The van der Waals surface area contributed by atoms with E-state index in [-0.39, 0.29) is 23.9 Å². The first kappa shape index (κ1) is 32.1. The van der Waals surface area contributed by atoms with Gasteiger partial charge in [-0.05, 0) is 104 Å². The fourth-order valence-electron chi connectivity index (χ4n) is 7.41. The topological polar surface area (TPSA) is 74.7 Å². The zero-order valence-electron chi connectivity index (χ0n) is 28.6. The molecule has 7 heteroatoms. The van der Waals surface area contributed by atoms with Gasteiger partial charge in [0, 0.05) is 48.2 Å². The number of carbonyl (C=O) groups is 3. The molecule has 7 rings (SSSR count). The Morgan fingerprint density at radius 2 is 1.43 bits per heavy atom. The number of nitrogens with one attached hydrogen (secondary N) is 1. The first-order valence-corrected chi connectivity index (χ1v) is 17.1. The summed E-state index contributed by atoms with van der Waals surface area (Å²) in [5.41, 5.74) is 11.0. The third-order valence-corrected chi connectivity index (χ3v) is 10.4. The Morgan fingerprint density at radius 1 is 0.755 bits per heavy atom. The summed E-state index contributed by atoms with van der Waals surface area (Å²) in [4.78, 5) is 46.2. The molecule has 0 bridgehead atoms. The number of fused-ring (bicyclic) bond motifs is 2. The fourth-order valence-corrected chi connectivity index (χ4v) is 7.41. The van der Waals surface area contributed by atoms with Crippen LogP contribution in [-0.4, -0.2) is 44.8 Å². The van der Waals surface area contributed by atoms with Crippen molar-refractivity contribution in [2.24, 2.45) is 0 Å². The van der Waals surface area contributed by atoms with Gasteiger partial charge in [0.2, 0.25) is 5.91 Å². The third kappa shape index (κ3) is 6.17. The molecule has 5 aromatic rings. The first-order chi connectivity index (χ1) is 23.7. The van der Waals surface area contributed by atoms with Gasteiger partial charge in [0.1, 0.15) is 0 Å². The molecule has 0 spiro atoms. The highest BCUT2D eigenvalue weighted by Crippen LogP contribution is 2.38. The minimum atomic E-state index is -0.274. The minimum absolute atomic E-state index is 0.00651. The van der Waals surface area contributed by atoms with Crippen molar-refractivity contribution in [2.75, 3.05) is 11.9 Å². The Labute approximate surface area is 288 Å². The molecule has 4 aromatic carbocycles. The molecule has 248 valence electrons. The Kier molecular flexibility index (Phi) is 8.68. The van der Waals surface area contributed by atoms with E-state index in [0.29, 0.717) is 43.7 Å². The summed E-state index contributed by atoms with van der Waals surface area (Å²) in [6.07, 6.45) is 1.78. The van der Waals surface area contributed by atoms with E-state index in [1.54, 1.807) is 4.57 Å². The van der Waals surface area contributed by atoms with Gasteiger partial charge in [0.15, 0.2) is 0 Å². The molecule has 1 atom stereocenters. The maximum absolute atomic E-state index is 14.9. The van der Waals surface area contributed by atoms with E-state index in [0.717, 1.165) is 56.8 Å². The molecule has 2 aliphatic heterocycles. The van der Waals surface area contributed by atoms with Crippen LogP contribution < -0.4 is 5.32 Å². The smallest absolute Gasteiger partial charge is 0.330 e. The van der Waals surface area contributed by atoms with Crippen molar-refractivity contribution in [2.45, 2.75) is 66.1 Å². The van der Waals surface area contributed by atoms with Crippen LogP contribution in [0.5, 0.6) is 0 Å². The number of hydrogen-bond donors (Lipinski definition) is 1. The minimum Gasteiger partial charge on any atom is -0.338 e. The highest BCUT2D eigenvalue weighted by molar-refractivity contribution is 6.04. The summed E-state index contributed by atoms with van der Waals surface area (Å²) in [7, 11) is 0. The van der Waals surface area contributed by atoms with Crippen LogP contribution >= 0.6 is 0 Å².